The number of piperidine rings is 1. The molecule has 1 aromatic heterocycles. The van der Waals surface area contributed by atoms with Crippen LogP contribution in [0.3, 0.4) is 0 Å². The second-order valence-electron chi connectivity index (χ2n) is 7.56. The number of β-amino-alcohol motifs (C(OH)–C–C–N with tert-alkyl or cyclic N) is 1. The number of rotatable bonds is 4. The lowest BCUT2D eigenvalue weighted by molar-refractivity contribution is -0.139. The smallest absolute Gasteiger partial charge is 0.242 e. The summed E-state index contributed by atoms with van der Waals surface area (Å²) >= 11 is 0. The molecule has 1 aliphatic heterocycles. The number of nitrogens with zero attached hydrogens (tertiary/aromatic N) is 4. The first-order valence-corrected chi connectivity index (χ1v) is 8.97. The molecule has 2 heterocycles. The molecule has 6 nitrogen and oxygen atoms in total. The van der Waals surface area contributed by atoms with Crippen LogP contribution in [0, 0.1) is 18.3 Å². The Kier molecular flexibility index (Phi) is 5.03. The highest BCUT2D eigenvalue weighted by Crippen LogP contribution is 2.26. The van der Waals surface area contributed by atoms with Gasteiger partial charge < -0.3 is 19.5 Å². The second kappa shape index (κ2) is 7.10. The Morgan fingerprint density at radius 3 is 2.81 bits per heavy atom. The van der Waals surface area contributed by atoms with Crippen molar-refractivity contribution in [2.24, 2.45) is 0 Å². The third-order valence-corrected chi connectivity index (χ3v) is 5.15. The highest BCUT2D eigenvalue weighted by molar-refractivity contribution is 5.89. The van der Waals surface area contributed by atoms with E-state index in [9.17, 15) is 15.2 Å². The van der Waals surface area contributed by atoms with E-state index in [2.05, 4.69) is 6.07 Å². The van der Waals surface area contributed by atoms with Crippen LogP contribution in [-0.2, 0) is 11.3 Å². The van der Waals surface area contributed by atoms with Gasteiger partial charge in [0.1, 0.15) is 12.6 Å². The van der Waals surface area contributed by atoms with Crippen molar-refractivity contribution in [3.8, 4) is 6.07 Å². The number of carbonyl (C=O) groups is 1. The highest BCUT2D eigenvalue weighted by atomic mass is 16.3. The van der Waals surface area contributed by atoms with E-state index < -0.39 is 5.60 Å². The molecule has 6 heteroatoms. The van der Waals surface area contributed by atoms with Crippen LogP contribution in [0.15, 0.2) is 24.3 Å². The summed E-state index contributed by atoms with van der Waals surface area (Å²) in [6, 6.07) is 9.93. The zero-order valence-corrected chi connectivity index (χ0v) is 15.7. The van der Waals surface area contributed by atoms with E-state index in [1.165, 1.54) is 0 Å². The Morgan fingerprint density at radius 1 is 1.38 bits per heavy atom. The number of aliphatic hydroxyl groups is 1. The number of benzene rings is 1. The number of nitriles is 1. The Morgan fingerprint density at radius 2 is 2.12 bits per heavy atom. The van der Waals surface area contributed by atoms with Crippen molar-refractivity contribution in [2.75, 3.05) is 33.7 Å². The van der Waals surface area contributed by atoms with Crippen molar-refractivity contribution in [2.45, 2.75) is 31.9 Å². The van der Waals surface area contributed by atoms with E-state index in [4.69, 9.17) is 0 Å². The van der Waals surface area contributed by atoms with Gasteiger partial charge in [-0.3, -0.25) is 4.79 Å². The van der Waals surface area contributed by atoms with E-state index >= 15 is 0 Å². The third-order valence-electron chi connectivity index (χ3n) is 5.15. The van der Waals surface area contributed by atoms with Gasteiger partial charge in [0.15, 0.2) is 0 Å². The predicted octanol–water partition coefficient (Wildman–Crippen LogP) is 1.74. The lowest BCUT2D eigenvalue weighted by Crippen LogP contribution is -2.55. The Bertz CT molecular complexity index is 865. The summed E-state index contributed by atoms with van der Waals surface area (Å²) in [7, 11) is 3.86. The molecule has 26 heavy (non-hydrogen) atoms. The predicted molar refractivity (Wildman–Crippen MR) is 101 cm³/mol. The molecule has 2 aromatic rings. The second-order valence-corrected chi connectivity index (χ2v) is 7.56. The maximum atomic E-state index is 12.9. The van der Waals surface area contributed by atoms with Gasteiger partial charge in [-0.1, -0.05) is 18.2 Å². The zero-order chi connectivity index (χ0) is 18.9. The maximum Gasteiger partial charge on any atom is 0.242 e. The summed E-state index contributed by atoms with van der Waals surface area (Å²) in [4.78, 5) is 16.6. The highest BCUT2D eigenvalue weighted by Gasteiger charge is 2.35. The van der Waals surface area contributed by atoms with Crippen LogP contribution in [0.25, 0.3) is 10.9 Å². The molecule has 1 amide bonds. The summed E-state index contributed by atoms with van der Waals surface area (Å²) in [5, 5.41) is 21.2. The first-order chi connectivity index (χ1) is 12.3. The molecule has 0 spiro atoms. The van der Waals surface area contributed by atoms with E-state index in [-0.39, 0.29) is 12.5 Å². The van der Waals surface area contributed by atoms with E-state index in [0.29, 0.717) is 31.6 Å². The van der Waals surface area contributed by atoms with Crippen molar-refractivity contribution < 1.29 is 9.90 Å². The van der Waals surface area contributed by atoms with Crippen molar-refractivity contribution in [3.63, 3.8) is 0 Å². The van der Waals surface area contributed by atoms with Gasteiger partial charge in [0.2, 0.25) is 5.91 Å². The standard InChI is InChI=1S/C20H26N4O2/c1-15-17(11-21)16-7-4-5-8-18(16)24(15)12-19(25)23-10-6-9-20(26,14-23)13-22(2)3/h4-5,7-8,26H,6,9-10,12-14H2,1-3H3/t20-/m1/s1. The Balaban J connectivity index is 1.84. The van der Waals surface area contributed by atoms with Crippen molar-refractivity contribution >= 4 is 16.8 Å². The molecule has 1 N–H and O–H groups in total. The van der Waals surface area contributed by atoms with Gasteiger partial charge in [-0.2, -0.15) is 5.26 Å². The largest absolute Gasteiger partial charge is 0.387 e. The monoisotopic (exact) mass is 354 g/mol. The number of carbonyl (C=O) groups excluding carboxylic acids is 1. The van der Waals surface area contributed by atoms with Gasteiger partial charge in [-0.15, -0.1) is 0 Å². The van der Waals surface area contributed by atoms with Crippen molar-refractivity contribution in [1.82, 2.24) is 14.4 Å². The van der Waals surface area contributed by atoms with Crippen LogP contribution in [-0.4, -0.2) is 64.7 Å². The van der Waals surface area contributed by atoms with Crippen LogP contribution in [0.2, 0.25) is 0 Å². The minimum atomic E-state index is -0.858. The summed E-state index contributed by atoms with van der Waals surface area (Å²) < 4.78 is 1.91. The Hall–Kier alpha value is -2.36. The average Bonchev–Trinajstić information content (AvgIpc) is 2.85. The molecule has 0 bridgehead atoms. The molecular weight excluding hydrogens is 328 g/mol. The number of fused-ring (bicyclic) bond motifs is 1. The first kappa shape index (κ1) is 18.4. The van der Waals surface area contributed by atoms with Crippen LogP contribution >= 0.6 is 0 Å². The number of amides is 1. The lowest BCUT2D eigenvalue weighted by atomic mass is 9.92. The normalized spacial score (nSPS) is 20.5. The van der Waals surface area contributed by atoms with Crippen LogP contribution in [0.1, 0.15) is 24.1 Å². The minimum Gasteiger partial charge on any atom is -0.387 e. The number of likely N-dealkylation sites (N-methyl/N-ethyl adjacent to an activating group) is 1. The molecule has 138 valence electrons. The van der Waals surface area contributed by atoms with Gasteiger partial charge in [0.05, 0.1) is 23.2 Å². The van der Waals surface area contributed by atoms with Crippen molar-refractivity contribution in [3.05, 3.63) is 35.5 Å². The number of aromatic nitrogens is 1. The van der Waals surface area contributed by atoms with E-state index in [1.807, 2.05) is 54.8 Å². The van der Waals surface area contributed by atoms with Gasteiger partial charge in [-0.05, 0) is 39.9 Å². The first-order valence-electron chi connectivity index (χ1n) is 8.97. The number of para-hydroxylation sites is 1. The Labute approximate surface area is 154 Å². The molecule has 0 saturated carbocycles. The van der Waals surface area contributed by atoms with Crippen LogP contribution in [0.5, 0.6) is 0 Å². The quantitative estimate of drug-likeness (QED) is 0.908. The molecule has 1 aromatic carbocycles. The average molecular weight is 354 g/mol. The minimum absolute atomic E-state index is 0.0183. The molecule has 1 saturated heterocycles. The van der Waals surface area contributed by atoms with Gasteiger partial charge in [-0.25, -0.2) is 0 Å². The number of likely N-dealkylation sites (tertiary alicyclic amines) is 1. The third kappa shape index (κ3) is 3.46. The fraction of sp³-hybridized carbons (Fsp3) is 0.500. The lowest BCUT2D eigenvalue weighted by Gasteiger charge is -2.40. The summed E-state index contributed by atoms with van der Waals surface area (Å²) in [6.45, 7) is 3.63. The molecule has 1 atom stereocenters. The maximum absolute atomic E-state index is 12.9. The van der Waals surface area contributed by atoms with Crippen LogP contribution in [0.4, 0.5) is 0 Å². The molecule has 0 unspecified atom stereocenters. The van der Waals surface area contributed by atoms with Gasteiger partial charge in [0, 0.05) is 24.2 Å². The van der Waals surface area contributed by atoms with Crippen molar-refractivity contribution in [1.29, 1.82) is 5.26 Å². The molecule has 0 radical (unpaired) electrons. The summed E-state index contributed by atoms with van der Waals surface area (Å²) in [6.07, 6.45) is 1.50. The van der Waals surface area contributed by atoms with Gasteiger partial charge in [0.25, 0.3) is 0 Å². The summed E-state index contributed by atoms with van der Waals surface area (Å²) in [5.41, 5.74) is 1.47. The molecule has 1 aliphatic rings. The summed E-state index contributed by atoms with van der Waals surface area (Å²) in [5.74, 6) is -0.0183. The molecule has 3 rings (SSSR count). The zero-order valence-electron chi connectivity index (χ0n) is 15.7. The number of hydrogen-bond donors (Lipinski definition) is 1. The van der Waals surface area contributed by atoms with E-state index in [0.717, 1.165) is 23.0 Å². The SMILES string of the molecule is Cc1c(C#N)c2ccccc2n1CC(=O)N1CCC[C@@](O)(CN(C)C)C1. The topological polar surface area (TPSA) is 72.5 Å². The fourth-order valence-electron chi connectivity index (χ4n) is 4.05. The fourth-order valence-corrected chi connectivity index (χ4v) is 4.05. The molecule has 1 fully saturated rings. The van der Waals surface area contributed by atoms with Gasteiger partial charge >= 0.3 is 0 Å². The van der Waals surface area contributed by atoms with Crippen LogP contribution < -0.4 is 0 Å². The molecule has 0 aliphatic carbocycles. The molecular formula is C20H26N4O2. The van der Waals surface area contributed by atoms with E-state index in [1.54, 1.807) is 4.90 Å². The number of hydrogen-bond acceptors (Lipinski definition) is 4.